The van der Waals surface area contributed by atoms with Crippen LogP contribution in [0.3, 0.4) is 0 Å². The molecule has 1 unspecified atom stereocenters. The van der Waals surface area contributed by atoms with Crippen molar-refractivity contribution >= 4 is 0 Å². The minimum atomic E-state index is -0.0394. The lowest BCUT2D eigenvalue weighted by Crippen LogP contribution is -2.56. The van der Waals surface area contributed by atoms with Crippen LogP contribution >= 0.6 is 0 Å². The van der Waals surface area contributed by atoms with E-state index in [1.807, 2.05) is 0 Å². The molecule has 108 valence electrons. The van der Waals surface area contributed by atoms with Crippen LogP contribution in [0, 0.1) is 5.92 Å². The van der Waals surface area contributed by atoms with E-state index in [4.69, 9.17) is 9.47 Å². The molecular formula is C14H30N2O2. The summed E-state index contributed by atoms with van der Waals surface area (Å²) in [4.78, 5) is 2.49. The number of ether oxygens (including phenoxy) is 2. The van der Waals surface area contributed by atoms with Crippen molar-refractivity contribution in [1.82, 2.24) is 10.2 Å². The van der Waals surface area contributed by atoms with Crippen molar-refractivity contribution in [3.8, 4) is 0 Å². The number of rotatable bonds is 7. The third kappa shape index (κ3) is 5.65. The van der Waals surface area contributed by atoms with Gasteiger partial charge in [-0.3, -0.25) is 4.90 Å². The normalized spacial score (nSPS) is 22.3. The molecule has 1 aliphatic heterocycles. The van der Waals surface area contributed by atoms with Crippen LogP contribution in [0.25, 0.3) is 0 Å². The smallest absolute Gasteiger partial charge is 0.0753 e. The van der Waals surface area contributed by atoms with Crippen LogP contribution < -0.4 is 5.32 Å². The van der Waals surface area contributed by atoms with Crippen LogP contribution in [0.4, 0.5) is 0 Å². The van der Waals surface area contributed by atoms with E-state index in [0.717, 1.165) is 39.4 Å². The van der Waals surface area contributed by atoms with E-state index in [2.05, 4.69) is 37.9 Å². The van der Waals surface area contributed by atoms with Crippen LogP contribution in [0.5, 0.6) is 0 Å². The maximum Gasteiger partial charge on any atom is 0.0753 e. The molecular weight excluding hydrogens is 228 g/mol. The fraction of sp³-hybridized carbons (Fsp3) is 1.00. The molecule has 1 aliphatic rings. The van der Waals surface area contributed by atoms with Crippen molar-refractivity contribution in [3.63, 3.8) is 0 Å². The summed E-state index contributed by atoms with van der Waals surface area (Å²) < 4.78 is 11.1. The zero-order chi connectivity index (χ0) is 13.6. The average molecular weight is 258 g/mol. The van der Waals surface area contributed by atoms with Gasteiger partial charge in [-0.2, -0.15) is 0 Å². The molecule has 0 amide bonds. The van der Waals surface area contributed by atoms with Crippen molar-refractivity contribution in [3.05, 3.63) is 0 Å². The van der Waals surface area contributed by atoms with Crippen LogP contribution in [-0.2, 0) is 9.47 Å². The minimum Gasteiger partial charge on any atom is -0.383 e. The van der Waals surface area contributed by atoms with Gasteiger partial charge in [0.25, 0.3) is 0 Å². The van der Waals surface area contributed by atoms with Gasteiger partial charge in [0.1, 0.15) is 0 Å². The number of nitrogens with zero attached hydrogens (tertiary/aromatic N) is 1. The topological polar surface area (TPSA) is 33.7 Å². The maximum atomic E-state index is 5.76. The predicted octanol–water partition coefficient (Wildman–Crippen LogP) is 1.36. The predicted molar refractivity (Wildman–Crippen MR) is 75.0 cm³/mol. The summed E-state index contributed by atoms with van der Waals surface area (Å²) in [6, 6.07) is 0.442. The second-order valence-corrected chi connectivity index (χ2v) is 6.24. The quantitative estimate of drug-likeness (QED) is 0.747. The summed E-state index contributed by atoms with van der Waals surface area (Å²) in [6.07, 6.45) is 0. The van der Waals surface area contributed by atoms with Crippen LogP contribution in [0.15, 0.2) is 0 Å². The summed E-state index contributed by atoms with van der Waals surface area (Å²) in [6.45, 7) is 14.4. The van der Waals surface area contributed by atoms with Gasteiger partial charge in [-0.05, 0) is 26.3 Å². The Morgan fingerprint density at radius 1 is 1.33 bits per heavy atom. The zero-order valence-corrected chi connectivity index (χ0v) is 12.7. The van der Waals surface area contributed by atoms with E-state index >= 15 is 0 Å². The number of hydrogen-bond donors (Lipinski definition) is 1. The van der Waals surface area contributed by atoms with Crippen molar-refractivity contribution in [2.75, 3.05) is 46.5 Å². The van der Waals surface area contributed by atoms with Gasteiger partial charge in [0.05, 0.1) is 18.8 Å². The van der Waals surface area contributed by atoms with Gasteiger partial charge in [0.2, 0.25) is 0 Å². The van der Waals surface area contributed by atoms with Gasteiger partial charge in [-0.1, -0.05) is 13.8 Å². The summed E-state index contributed by atoms with van der Waals surface area (Å²) >= 11 is 0. The fourth-order valence-electron chi connectivity index (χ4n) is 2.39. The minimum absolute atomic E-state index is 0.0394. The highest BCUT2D eigenvalue weighted by molar-refractivity contribution is 4.84. The molecule has 4 heteroatoms. The van der Waals surface area contributed by atoms with E-state index in [1.165, 1.54) is 0 Å². The number of nitrogens with one attached hydrogen (secondary N) is 1. The first-order valence-electron chi connectivity index (χ1n) is 7.02. The Kier molecular flexibility index (Phi) is 6.57. The first-order chi connectivity index (χ1) is 8.44. The lowest BCUT2D eigenvalue weighted by molar-refractivity contribution is -0.103. The molecule has 0 bridgehead atoms. The molecule has 0 radical (unpaired) electrons. The van der Waals surface area contributed by atoms with E-state index in [0.29, 0.717) is 12.0 Å². The molecule has 0 aromatic heterocycles. The van der Waals surface area contributed by atoms with Gasteiger partial charge in [-0.25, -0.2) is 0 Å². The molecule has 18 heavy (non-hydrogen) atoms. The number of morpholine rings is 1. The highest BCUT2D eigenvalue weighted by atomic mass is 16.5. The van der Waals surface area contributed by atoms with Crippen LogP contribution in [0.1, 0.15) is 27.7 Å². The van der Waals surface area contributed by atoms with E-state index in [1.54, 1.807) is 7.11 Å². The number of methoxy groups -OCH3 is 1. The molecule has 1 atom stereocenters. The molecule has 4 nitrogen and oxygen atoms in total. The summed E-state index contributed by atoms with van der Waals surface area (Å²) in [5.41, 5.74) is -0.0394. The standard InChI is InChI=1S/C14H30N2O2/c1-12(2)8-15-9-13(10-17-5)16-6-7-18-14(3,4)11-16/h12-13,15H,6-11H2,1-5H3. The summed E-state index contributed by atoms with van der Waals surface area (Å²) in [5.74, 6) is 0.689. The molecule has 1 rings (SSSR count). The van der Waals surface area contributed by atoms with Crippen molar-refractivity contribution < 1.29 is 9.47 Å². The molecule has 0 aromatic carbocycles. The Morgan fingerprint density at radius 3 is 2.61 bits per heavy atom. The van der Waals surface area contributed by atoms with Gasteiger partial charge in [0, 0.05) is 32.8 Å². The fourth-order valence-corrected chi connectivity index (χ4v) is 2.39. The lowest BCUT2D eigenvalue weighted by Gasteiger charge is -2.42. The average Bonchev–Trinajstić information content (AvgIpc) is 2.26. The van der Waals surface area contributed by atoms with Crippen molar-refractivity contribution in [1.29, 1.82) is 0 Å². The Hall–Kier alpha value is -0.160. The van der Waals surface area contributed by atoms with E-state index < -0.39 is 0 Å². The molecule has 0 spiro atoms. The van der Waals surface area contributed by atoms with Crippen LogP contribution in [-0.4, -0.2) is 63.0 Å². The highest BCUT2D eigenvalue weighted by Crippen LogP contribution is 2.18. The van der Waals surface area contributed by atoms with Gasteiger partial charge < -0.3 is 14.8 Å². The van der Waals surface area contributed by atoms with Gasteiger partial charge in [-0.15, -0.1) is 0 Å². The second-order valence-electron chi connectivity index (χ2n) is 6.24. The third-order valence-corrected chi connectivity index (χ3v) is 3.26. The van der Waals surface area contributed by atoms with Crippen molar-refractivity contribution in [2.45, 2.75) is 39.3 Å². The third-order valence-electron chi connectivity index (χ3n) is 3.26. The highest BCUT2D eigenvalue weighted by Gasteiger charge is 2.31. The Balaban J connectivity index is 2.44. The summed E-state index contributed by atoms with van der Waals surface area (Å²) in [5, 5.41) is 3.53. The Morgan fingerprint density at radius 2 is 2.06 bits per heavy atom. The monoisotopic (exact) mass is 258 g/mol. The largest absolute Gasteiger partial charge is 0.383 e. The molecule has 1 heterocycles. The second kappa shape index (κ2) is 7.43. The Bertz CT molecular complexity index is 232. The summed E-state index contributed by atoms with van der Waals surface area (Å²) in [7, 11) is 1.78. The molecule has 1 N–H and O–H groups in total. The number of hydrogen-bond acceptors (Lipinski definition) is 4. The first-order valence-corrected chi connectivity index (χ1v) is 7.02. The molecule has 1 fully saturated rings. The maximum absolute atomic E-state index is 5.76. The Labute approximate surface area is 112 Å². The lowest BCUT2D eigenvalue weighted by atomic mass is 10.1. The first kappa shape index (κ1) is 15.9. The van der Waals surface area contributed by atoms with E-state index in [9.17, 15) is 0 Å². The molecule has 0 aromatic rings. The van der Waals surface area contributed by atoms with Crippen molar-refractivity contribution in [2.24, 2.45) is 5.92 Å². The van der Waals surface area contributed by atoms with Gasteiger partial charge in [0.15, 0.2) is 0 Å². The van der Waals surface area contributed by atoms with E-state index in [-0.39, 0.29) is 5.60 Å². The zero-order valence-electron chi connectivity index (χ0n) is 12.7. The van der Waals surface area contributed by atoms with Gasteiger partial charge >= 0.3 is 0 Å². The molecule has 1 saturated heterocycles. The SMILES string of the molecule is COCC(CNCC(C)C)N1CCOC(C)(C)C1. The molecule has 0 aliphatic carbocycles. The van der Waals surface area contributed by atoms with Crippen LogP contribution in [0.2, 0.25) is 0 Å². The molecule has 0 saturated carbocycles.